The summed E-state index contributed by atoms with van der Waals surface area (Å²) in [6.45, 7) is 0. The van der Waals surface area contributed by atoms with Crippen molar-refractivity contribution in [3.05, 3.63) is 24.3 Å². The summed E-state index contributed by atoms with van der Waals surface area (Å²) in [6.07, 6.45) is 0. The largest absolute Gasteiger partial charge is 0.382 e. The van der Waals surface area contributed by atoms with Gasteiger partial charge in [0.25, 0.3) is 0 Å². The van der Waals surface area contributed by atoms with Gasteiger partial charge in [-0.2, -0.15) is 0 Å². The standard InChI is InChI=1S/C7H6IN3/c8-11-6-4-2-1-3-5(6)7(9)10-11/h1-4H,(H2,9,10). The SMILES string of the molecule is Nc1nn(I)c2ccccc12. The van der Waals surface area contributed by atoms with Crippen molar-refractivity contribution < 1.29 is 0 Å². The molecule has 0 aliphatic rings. The maximum absolute atomic E-state index is 5.64. The Labute approximate surface area is 77.7 Å². The van der Waals surface area contributed by atoms with Gasteiger partial charge in [0, 0.05) is 5.39 Å². The van der Waals surface area contributed by atoms with Gasteiger partial charge in [0.2, 0.25) is 0 Å². The van der Waals surface area contributed by atoms with Gasteiger partial charge in [0.05, 0.1) is 28.4 Å². The highest BCUT2D eigenvalue weighted by Gasteiger charge is 2.02. The van der Waals surface area contributed by atoms with Gasteiger partial charge in [-0.1, -0.05) is 12.1 Å². The molecule has 1 heterocycles. The number of hydrogen-bond acceptors (Lipinski definition) is 2. The van der Waals surface area contributed by atoms with Gasteiger partial charge in [-0.05, 0) is 12.1 Å². The third kappa shape index (κ3) is 0.973. The van der Waals surface area contributed by atoms with Gasteiger partial charge in [-0.15, -0.1) is 5.10 Å². The monoisotopic (exact) mass is 259 g/mol. The first kappa shape index (κ1) is 6.90. The Kier molecular flexibility index (Phi) is 1.49. The van der Waals surface area contributed by atoms with E-state index in [1.807, 2.05) is 24.3 Å². The van der Waals surface area contributed by atoms with Crippen LogP contribution in [0.4, 0.5) is 5.82 Å². The van der Waals surface area contributed by atoms with Crippen LogP contribution >= 0.6 is 22.9 Å². The Morgan fingerprint density at radius 2 is 2.09 bits per heavy atom. The van der Waals surface area contributed by atoms with Gasteiger partial charge in [-0.25, -0.2) is 2.90 Å². The van der Waals surface area contributed by atoms with Crippen LogP contribution in [0.2, 0.25) is 0 Å². The molecule has 2 N–H and O–H groups in total. The third-order valence-corrected chi connectivity index (χ3v) is 2.31. The molecule has 4 heteroatoms. The van der Waals surface area contributed by atoms with Crippen LogP contribution in [-0.4, -0.2) is 7.99 Å². The van der Waals surface area contributed by atoms with Gasteiger partial charge in [0.15, 0.2) is 5.82 Å². The number of benzene rings is 1. The molecular formula is C7H6IN3. The molecule has 1 aromatic carbocycles. The second-order valence-corrected chi connectivity index (χ2v) is 3.18. The van der Waals surface area contributed by atoms with E-state index in [0.29, 0.717) is 5.82 Å². The van der Waals surface area contributed by atoms with Crippen molar-refractivity contribution in [2.24, 2.45) is 0 Å². The van der Waals surface area contributed by atoms with Crippen LogP contribution in [-0.2, 0) is 0 Å². The zero-order chi connectivity index (χ0) is 7.84. The smallest absolute Gasteiger partial charge is 0.154 e. The number of nitrogens with zero attached hydrogens (tertiary/aromatic N) is 2. The van der Waals surface area contributed by atoms with Crippen LogP contribution in [0, 0.1) is 0 Å². The molecule has 0 spiro atoms. The lowest BCUT2D eigenvalue weighted by atomic mass is 10.2. The van der Waals surface area contributed by atoms with Gasteiger partial charge < -0.3 is 5.73 Å². The highest BCUT2D eigenvalue weighted by Crippen LogP contribution is 2.20. The first-order valence-corrected chi connectivity index (χ1v) is 4.15. The molecule has 56 valence electrons. The van der Waals surface area contributed by atoms with E-state index in [4.69, 9.17) is 5.73 Å². The van der Waals surface area contributed by atoms with Crippen molar-refractivity contribution in [3.8, 4) is 0 Å². The summed E-state index contributed by atoms with van der Waals surface area (Å²) >= 11 is 2.10. The van der Waals surface area contributed by atoms with Crippen molar-refractivity contribution in [2.45, 2.75) is 0 Å². The van der Waals surface area contributed by atoms with Crippen molar-refractivity contribution in [1.29, 1.82) is 0 Å². The highest BCUT2D eigenvalue weighted by atomic mass is 127. The average molecular weight is 259 g/mol. The fraction of sp³-hybridized carbons (Fsp3) is 0. The normalized spacial score (nSPS) is 10.6. The summed E-state index contributed by atoms with van der Waals surface area (Å²) in [5, 5.41) is 5.09. The van der Waals surface area contributed by atoms with E-state index < -0.39 is 0 Å². The summed E-state index contributed by atoms with van der Waals surface area (Å²) in [5.74, 6) is 0.593. The van der Waals surface area contributed by atoms with Crippen molar-refractivity contribution in [3.63, 3.8) is 0 Å². The van der Waals surface area contributed by atoms with Crippen LogP contribution in [0.1, 0.15) is 0 Å². The molecule has 0 bridgehead atoms. The fourth-order valence-corrected chi connectivity index (χ4v) is 1.71. The summed E-state index contributed by atoms with van der Waals surface area (Å²) in [4.78, 5) is 0. The van der Waals surface area contributed by atoms with Crippen LogP contribution in [0.3, 0.4) is 0 Å². The minimum atomic E-state index is 0.593. The first-order chi connectivity index (χ1) is 5.29. The Hall–Kier alpha value is -0.780. The van der Waals surface area contributed by atoms with E-state index in [2.05, 4.69) is 28.0 Å². The second kappa shape index (κ2) is 2.37. The summed E-state index contributed by atoms with van der Waals surface area (Å²) in [7, 11) is 0. The number of anilines is 1. The van der Waals surface area contributed by atoms with E-state index in [0.717, 1.165) is 10.9 Å². The van der Waals surface area contributed by atoms with Crippen LogP contribution < -0.4 is 5.73 Å². The molecule has 2 aromatic rings. The molecule has 0 saturated carbocycles. The number of halogens is 1. The second-order valence-electron chi connectivity index (χ2n) is 2.26. The zero-order valence-corrected chi connectivity index (χ0v) is 7.82. The summed E-state index contributed by atoms with van der Waals surface area (Å²) in [6, 6.07) is 7.88. The lowest BCUT2D eigenvalue weighted by molar-refractivity contribution is 1.09. The molecule has 1 aromatic heterocycles. The first-order valence-electron chi connectivity index (χ1n) is 3.18. The average Bonchev–Trinajstić information content (AvgIpc) is 2.30. The summed E-state index contributed by atoms with van der Waals surface area (Å²) < 4.78 is 1.75. The predicted octanol–water partition coefficient (Wildman–Crippen LogP) is 1.82. The maximum atomic E-state index is 5.64. The summed E-state index contributed by atoms with van der Waals surface area (Å²) in [5.41, 5.74) is 6.70. The lowest BCUT2D eigenvalue weighted by Crippen LogP contribution is -1.85. The Balaban J connectivity index is 2.95. The minimum Gasteiger partial charge on any atom is -0.382 e. The fourth-order valence-electron chi connectivity index (χ4n) is 1.05. The molecule has 0 atom stereocenters. The topological polar surface area (TPSA) is 43.8 Å². The predicted molar refractivity (Wildman–Crippen MR) is 53.6 cm³/mol. The van der Waals surface area contributed by atoms with E-state index in [9.17, 15) is 0 Å². The molecule has 0 radical (unpaired) electrons. The molecule has 0 aliphatic carbocycles. The van der Waals surface area contributed by atoms with Crippen molar-refractivity contribution >= 4 is 39.6 Å². The zero-order valence-electron chi connectivity index (χ0n) is 5.66. The number of rotatable bonds is 0. The molecular weight excluding hydrogens is 253 g/mol. The molecule has 2 rings (SSSR count). The number of nitrogen functional groups attached to an aromatic ring is 1. The Bertz CT molecular complexity index is 357. The van der Waals surface area contributed by atoms with Gasteiger partial charge in [0.1, 0.15) is 0 Å². The van der Waals surface area contributed by atoms with Gasteiger partial charge >= 0.3 is 0 Å². The quantitative estimate of drug-likeness (QED) is 0.733. The molecule has 0 amide bonds. The van der Waals surface area contributed by atoms with Crippen LogP contribution in [0.5, 0.6) is 0 Å². The maximum Gasteiger partial charge on any atom is 0.154 e. The minimum absolute atomic E-state index is 0.593. The Morgan fingerprint density at radius 3 is 2.82 bits per heavy atom. The molecule has 3 nitrogen and oxygen atoms in total. The van der Waals surface area contributed by atoms with Crippen molar-refractivity contribution in [1.82, 2.24) is 7.99 Å². The number of fused-ring (bicyclic) bond motifs is 1. The van der Waals surface area contributed by atoms with E-state index in [1.54, 1.807) is 2.90 Å². The van der Waals surface area contributed by atoms with Crippen molar-refractivity contribution in [2.75, 3.05) is 5.73 Å². The number of nitrogens with two attached hydrogens (primary N) is 1. The number of para-hydroxylation sites is 1. The molecule has 0 unspecified atom stereocenters. The number of aromatic nitrogens is 2. The van der Waals surface area contributed by atoms with E-state index >= 15 is 0 Å². The van der Waals surface area contributed by atoms with E-state index in [1.165, 1.54) is 0 Å². The molecule has 0 fully saturated rings. The van der Waals surface area contributed by atoms with Crippen LogP contribution in [0.25, 0.3) is 10.9 Å². The molecule has 11 heavy (non-hydrogen) atoms. The number of hydrogen-bond donors (Lipinski definition) is 1. The van der Waals surface area contributed by atoms with Gasteiger partial charge in [-0.3, -0.25) is 0 Å². The van der Waals surface area contributed by atoms with E-state index in [-0.39, 0.29) is 0 Å². The third-order valence-electron chi connectivity index (χ3n) is 1.57. The van der Waals surface area contributed by atoms with Crippen LogP contribution in [0.15, 0.2) is 24.3 Å². The Morgan fingerprint density at radius 1 is 1.36 bits per heavy atom. The lowest BCUT2D eigenvalue weighted by Gasteiger charge is -1.87. The highest BCUT2D eigenvalue weighted by molar-refractivity contribution is 14.1. The molecule has 0 aliphatic heterocycles. The molecule has 0 saturated heterocycles.